The highest BCUT2D eigenvalue weighted by Crippen LogP contribution is 2.33. The minimum Gasteiger partial charge on any atom is -0.321 e. The quantitative estimate of drug-likeness (QED) is 0.298. The highest BCUT2D eigenvalue weighted by molar-refractivity contribution is 5.82. The van der Waals surface area contributed by atoms with Crippen molar-refractivity contribution in [3.8, 4) is 0 Å². The summed E-state index contributed by atoms with van der Waals surface area (Å²) in [6.45, 7) is 7.59. The van der Waals surface area contributed by atoms with Crippen LogP contribution < -0.4 is 5.56 Å². The zero-order valence-electron chi connectivity index (χ0n) is 22.3. The van der Waals surface area contributed by atoms with E-state index in [-0.39, 0.29) is 11.6 Å². The number of aromatic amines is 1. The van der Waals surface area contributed by atoms with Gasteiger partial charge in [-0.05, 0) is 72.2 Å². The van der Waals surface area contributed by atoms with E-state index in [2.05, 4.69) is 93.3 Å². The van der Waals surface area contributed by atoms with E-state index in [1.165, 1.54) is 30.4 Å². The number of aryl methyl sites for hydroxylation is 2. The molecule has 1 atom stereocenters. The maximum Gasteiger partial charge on any atom is 0.252 e. The molecular formula is C30H38N6O. The molecule has 7 heteroatoms. The van der Waals surface area contributed by atoms with Gasteiger partial charge in [0, 0.05) is 18.7 Å². The van der Waals surface area contributed by atoms with E-state index < -0.39 is 0 Å². The van der Waals surface area contributed by atoms with Crippen molar-refractivity contribution >= 4 is 10.9 Å². The lowest BCUT2D eigenvalue weighted by molar-refractivity contribution is 0.150. The number of H-pyrrole nitrogens is 1. The molecular weight excluding hydrogens is 460 g/mol. The van der Waals surface area contributed by atoms with E-state index in [9.17, 15) is 4.79 Å². The van der Waals surface area contributed by atoms with Crippen molar-refractivity contribution in [2.75, 3.05) is 0 Å². The largest absolute Gasteiger partial charge is 0.321 e. The highest BCUT2D eigenvalue weighted by Gasteiger charge is 2.29. The molecule has 2 aromatic heterocycles. The van der Waals surface area contributed by atoms with Crippen LogP contribution in [0.1, 0.15) is 92.0 Å². The molecule has 194 valence electrons. The first kappa shape index (κ1) is 25.3. The summed E-state index contributed by atoms with van der Waals surface area (Å²) in [6.07, 6.45) is 7.90. The Balaban J connectivity index is 1.55. The fraction of sp³-hybridized carbons (Fsp3) is 0.467. The molecule has 0 radical (unpaired) electrons. The number of nitrogens with zero attached hydrogens (tertiary/aromatic N) is 5. The van der Waals surface area contributed by atoms with Gasteiger partial charge in [0.15, 0.2) is 5.82 Å². The summed E-state index contributed by atoms with van der Waals surface area (Å²) in [4.78, 5) is 18.9. The second-order valence-electron chi connectivity index (χ2n) is 10.6. The van der Waals surface area contributed by atoms with E-state index >= 15 is 0 Å². The summed E-state index contributed by atoms with van der Waals surface area (Å²) in [5.74, 6) is 0.925. The maximum atomic E-state index is 13.3. The Morgan fingerprint density at radius 2 is 1.84 bits per heavy atom. The molecule has 4 aromatic rings. The number of hydrogen-bond acceptors (Lipinski definition) is 5. The number of hydrogen-bond donors (Lipinski definition) is 1. The Bertz CT molecular complexity index is 1390. The average Bonchev–Trinajstić information content (AvgIpc) is 3.39. The number of fused-ring (bicyclic) bond motifs is 1. The van der Waals surface area contributed by atoms with Gasteiger partial charge in [0.25, 0.3) is 5.56 Å². The zero-order valence-corrected chi connectivity index (χ0v) is 22.3. The lowest BCUT2D eigenvalue weighted by Gasteiger charge is -2.32. The third-order valence-corrected chi connectivity index (χ3v) is 7.71. The second-order valence-corrected chi connectivity index (χ2v) is 10.6. The van der Waals surface area contributed by atoms with Crippen LogP contribution in [0.2, 0.25) is 0 Å². The van der Waals surface area contributed by atoms with Crippen LogP contribution >= 0.6 is 0 Å². The molecule has 0 unspecified atom stereocenters. The monoisotopic (exact) mass is 498 g/mol. The maximum absolute atomic E-state index is 13.3. The fourth-order valence-corrected chi connectivity index (χ4v) is 5.92. The summed E-state index contributed by atoms with van der Waals surface area (Å²) < 4.78 is 2.09. The van der Waals surface area contributed by atoms with Crippen molar-refractivity contribution in [1.29, 1.82) is 0 Å². The molecule has 1 fully saturated rings. The van der Waals surface area contributed by atoms with Gasteiger partial charge < -0.3 is 4.98 Å². The second kappa shape index (κ2) is 11.4. The predicted molar refractivity (Wildman–Crippen MR) is 147 cm³/mol. The third kappa shape index (κ3) is 5.67. The van der Waals surface area contributed by atoms with Crippen LogP contribution in [0.15, 0.2) is 53.3 Å². The standard InChI is InChI=1S/C30H38N6O/c1-4-11-27(29-32-33-34-36(29)26-14-9-6-10-15-26)35(19-23-12-7-5-8-13-23)20-25-18-24-17-21(2)16-22(3)28(24)31-30(25)37/h5,7-8,12-13,16-18,26-27H,4,6,9-11,14-15,19-20H2,1-3H3,(H,31,37)/t27-/m1/s1. The number of pyridine rings is 1. The van der Waals surface area contributed by atoms with Crippen molar-refractivity contribution < 1.29 is 0 Å². The number of aromatic nitrogens is 5. The lowest BCUT2D eigenvalue weighted by Crippen LogP contribution is -2.33. The Morgan fingerprint density at radius 1 is 1.05 bits per heavy atom. The van der Waals surface area contributed by atoms with Crippen LogP contribution in [0.4, 0.5) is 0 Å². The molecule has 1 aliphatic rings. The third-order valence-electron chi connectivity index (χ3n) is 7.71. The molecule has 37 heavy (non-hydrogen) atoms. The van der Waals surface area contributed by atoms with E-state index in [0.717, 1.165) is 53.5 Å². The SMILES string of the molecule is CCC[C@H](c1nnnn1C1CCCCC1)N(Cc1ccccc1)Cc1cc2cc(C)cc(C)c2[nH]c1=O. The lowest BCUT2D eigenvalue weighted by atomic mass is 9.95. The van der Waals surface area contributed by atoms with Crippen LogP contribution in [0.5, 0.6) is 0 Å². The smallest absolute Gasteiger partial charge is 0.252 e. The van der Waals surface area contributed by atoms with Gasteiger partial charge in [-0.15, -0.1) is 5.10 Å². The molecule has 0 amide bonds. The van der Waals surface area contributed by atoms with E-state index in [0.29, 0.717) is 19.1 Å². The molecule has 7 nitrogen and oxygen atoms in total. The topological polar surface area (TPSA) is 79.7 Å². The molecule has 2 aromatic carbocycles. The van der Waals surface area contributed by atoms with Crippen LogP contribution in [-0.2, 0) is 13.1 Å². The van der Waals surface area contributed by atoms with Gasteiger partial charge in [0.2, 0.25) is 0 Å². The van der Waals surface area contributed by atoms with Gasteiger partial charge >= 0.3 is 0 Å². The molecule has 1 saturated carbocycles. The van der Waals surface area contributed by atoms with Crippen molar-refractivity contribution in [2.45, 2.75) is 90.9 Å². The van der Waals surface area contributed by atoms with E-state index in [1.54, 1.807) is 0 Å². The number of tetrazole rings is 1. The van der Waals surface area contributed by atoms with E-state index in [1.807, 2.05) is 6.07 Å². The summed E-state index contributed by atoms with van der Waals surface area (Å²) in [5, 5.41) is 14.3. The Labute approximate surface area is 218 Å². The summed E-state index contributed by atoms with van der Waals surface area (Å²) in [6, 6.07) is 17.2. The van der Waals surface area contributed by atoms with Crippen LogP contribution in [-0.4, -0.2) is 30.1 Å². The van der Waals surface area contributed by atoms with Gasteiger partial charge in [-0.3, -0.25) is 9.69 Å². The predicted octanol–water partition coefficient (Wildman–Crippen LogP) is 6.18. The number of nitrogens with one attached hydrogen (secondary N) is 1. The van der Waals surface area contributed by atoms with Crippen LogP contribution in [0.3, 0.4) is 0 Å². The molecule has 0 spiro atoms. The average molecular weight is 499 g/mol. The summed E-state index contributed by atoms with van der Waals surface area (Å²) >= 11 is 0. The Hall–Kier alpha value is -3.32. The van der Waals surface area contributed by atoms with Gasteiger partial charge in [-0.2, -0.15) is 0 Å². The Kier molecular flexibility index (Phi) is 7.79. The van der Waals surface area contributed by atoms with Crippen molar-refractivity contribution in [3.63, 3.8) is 0 Å². The van der Waals surface area contributed by atoms with Gasteiger partial charge in [0.1, 0.15) is 0 Å². The first-order valence-electron chi connectivity index (χ1n) is 13.7. The first-order chi connectivity index (χ1) is 18.0. The molecule has 1 aliphatic carbocycles. The molecule has 0 aliphatic heterocycles. The molecule has 2 heterocycles. The minimum absolute atomic E-state index is 0.0106. The molecule has 0 bridgehead atoms. The van der Waals surface area contributed by atoms with Gasteiger partial charge in [-0.1, -0.05) is 74.6 Å². The molecule has 1 N–H and O–H groups in total. The summed E-state index contributed by atoms with van der Waals surface area (Å²) in [7, 11) is 0. The molecule has 0 saturated heterocycles. The van der Waals surface area contributed by atoms with Crippen LogP contribution in [0.25, 0.3) is 10.9 Å². The van der Waals surface area contributed by atoms with Crippen LogP contribution in [0, 0.1) is 13.8 Å². The van der Waals surface area contributed by atoms with Gasteiger partial charge in [0.05, 0.1) is 17.6 Å². The van der Waals surface area contributed by atoms with Crippen molar-refractivity contribution in [3.05, 3.63) is 87.0 Å². The van der Waals surface area contributed by atoms with Gasteiger partial charge in [-0.25, -0.2) is 4.68 Å². The minimum atomic E-state index is -0.0281. The first-order valence-corrected chi connectivity index (χ1v) is 13.7. The molecule has 5 rings (SSSR count). The summed E-state index contributed by atoms with van der Waals surface area (Å²) in [5.41, 5.74) is 5.16. The fourth-order valence-electron chi connectivity index (χ4n) is 5.92. The zero-order chi connectivity index (χ0) is 25.8. The highest BCUT2D eigenvalue weighted by atomic mass is 16.1. The number of benzene rings is 2. The number of rotatable bonds is 9. The normalized spacial score (nSPS) is 15.5. The van der Waals surface area contributed by atoms with E-state index in [4.69, 9.17) is 0 Å². The Morgan fingerprint density at radius 3 is 2.59 bits per heavy atom. The van der Waals surface area contributed by atoms with Crippen molar-refractivity contribution in [2.24, 2.45) is 0 Å². The van der Waals surface area contributed by atoms with Crippen molar-refractivity contribution in [1.82, 2.24) is 30.1 Å².